The third-order valence-corrected chi connectivity index (χ3v) is 10.9. The van der Waals surface area contributed by atoms with Gasteiger partial charge < -0.3 is 19.6 Å². The van der Waals surface area contributed by atoms with Crippen molar-refractivity contribution < 1.29 is 37.1 Å². The Bertz CT molecular complexity index is 1540. The number of fused-ring (bicyclic) bond motifs is 2. The van der Waals surface area contributed by atoms with Gasteiger partial charge in [-0.05, 0) is 81.5 Å². The molecule has 1 N–H and O–H groups in total. The van der Waals surface area contributed by atoms with E-state index in [1.165, 1.54) is 6.07 Å². The number of allylic oxidation sites excluding steroid dienone is 4. The number of rotatable bonds is 18. The summed E-state index contributed by atoms with van der Waals surface area (Å²) >= 11 is 0.688. The largest absolute Gasteiger partial charge is 0.691 e. The topological polar surface area (TPSA) is 112 Å². The molecule has 0 saturated carbocycles. The van der Waals surface area contributed by atoms with Gasteiger partial charge in [-0.15, -0.1) is 0 Å². The SMILES string of the molecule is CCC(C)COCCCNS(=O)(=O)c1ccc(C2=C3C=CC(=[N+](CC)CC)C=C3OC3C=C(N(CC)CC)C=CC23)c(SOO[O-])c1. The molecule has 1 aromatic rings. The Morgan fingerprint density at radius 3 is 2.55 bits per heavy atom. The van der Waals surface area contributed by atoms with Crippen LogP contribution in [-0.2, 0) is 28.9 Å². The molecular formula is C35H49N3O7S2. The van der Waals surface area contributed by atoms with E-state index in [2.05, 4.69) is 97.2 Å². The lowest BCUT2D eigenvalue weighted by atomic mass is 9.78. The fourth-order valence-electron chi connectivity index (χ4n) is 5.95. The zero-order valence-corrected chi connectivity index (χ0v) is 30.0. The molecule has 3 aliphatic rings. The van der Waals surface area contributed by atoms with Crippen LogP contribution in [0.1, 0.15) is 59.9 Å². The average molecular weight is 688 g/mol. The molecule has 0 amide bonds. The van der Waals surface area contributed by atoms with Crippen LogP contribution in [0.25, 0.3) is 5.57 Å². The molecule has 4 rings (SSSR count). The quantitative estimate of drug-likeness (QED) is 0.0736. The highest BCUT2D eigenvalue weighted by Gasteiger charge is 2.38. The van der Waals surface area contributed by atoms with Crippen molar-refractivity contribution in [1.82, 2.24) is 9.62 Å². The summed E-state index contributed by atoms with van der Waals surface area (Å²) in [6, 6.07) is 4.88. The summed E-state index contributed by atoms with van der Waals surface area (Å²) in [4.78, 5) is 2.77. The standard InChI is InChI=1S/C35H49N3O7S2/c1-7-25(6)24-42-20-12-19-36-47(40,41)28-15-18-31(34(23-28)46-45-44-39)35-29-16-13-26(37(8-2)9-3)21-32(29)43-33-22-27(14-17-30(33)35)38(10-4)11-5/h13-18,21-23,25,29,32,36H,7-12,19-20,24H2,1-6H3. The number of ether oxygens (including phenoxy) is 2. The second kappa shape index (κ2) is 17.6. The van der Waals surface area contributed by atoms with Gasteiger partial charge in [-0.3, -0.25) is 5.04 Å². The highest BCUT2D eigenvalue weighted by Crippen LogP contribution is 2.47. The van der Waals surface area contributed by atoms with Crippen LogP contribution in [0, 0.1) is 11.8 Å². The fourth-order valence-corrected chi connectivity index (χ4v) is 7.67. The lowest BCUT2D eigenvalue weighted by molar-refractivity contribution is -0.777. The molecule has 1 aromatic carbocycles. The van der Waals surface area contributed by atoms with E-state index in [4.69, 9.17) is 13.8 Å². The van der Waals surface area contributed by atoms with Crippen molar-refractivity contribution in [1.29, 1.82) is 0 Å². The predicted molar refractivity (Wildman–Crippen MR) is 184 cm³/mol. The van der Waals surface area contributed by atoms with E-state index >= 15 is 0 Å². The summed E-state index contributed by atoms with van der Waals surface area (Å²) in [6.07, 6.45) is 13.9. The first kappa shape index (κ1) is 37.1. The zero-order chi connectivity index (χ0) is 34.0. The van der Waals surface area contributed by atoms with Crippen molar-refractivity contribution in [3.05, 3.63) is 77.2 Å². The van der Waals surface area contributed by atoms with Gasteiger partial charge in [0, 0.05) is 61.0 Å². The van der Waals surface area contributed by atoms with Crippen molar-refractivity contribution >= 4 is 33.4 Å². The Balaban J connectivity index is 1.73. The second-order valence-corrected chi connectivity index (χ2v) is 14.2. The molecule has 47 heavy (non-hydrogen) atoms. The number of nitrogens with zero attached hydrogens (tertiary/aromatic N) is 2. The van der Waals surface area contributed by atoms with Gasteiger partial charge in [-0.2, -0.15) is 4.33 Å². The van der Waals surface area contributed by atoms with Crippen molar-refractivity contribution in [2.24, 2.45) is 11.8 Å². The number of hydrogen-bond donors (Lipinski definition) is 1. The van der Waals surface area contributed by atoms with Crippen molar-refractivity contribution in [3.63, 3.8) is 0 Å². The number of likely N-dealkylation sites (N-methyl/N-ethyl adjacent to an activating group) is 1. The lowest BCUT2D eigenvalue weighted by Gasteiger charge is -2.38. The number of nitrogens with one attached hydrogen (secondary N) is 1. The molecule has 258 valence electrons. The molecule has 0 saturated heterocycles. The van der Waals surface area contributed by atoms with Crippen LogP contribution in [0.4, 0.5) is 0 Å². The van der Waals surface area contributed by atoms with Crippen LogP contribution in [0.5, 0.6) is 0 Å². The number of sulfonamides is 1. The fraction of sp³-hybridized carbons (Fsp3) is 0.514. The maximum atomic E-state index is 13.3. The Morgan fingerprint density at radius 2 is 1.87 bits per heavy atom. The summed E-state index contributed by atoms with van der Waals surface area (Å²) in [7, 11) is -3.85. The van der Waals surface area contributed by atoms with Crippen LogP contribution < -0.4 is 9.98 Å². The first-order valence-corrected chi connectivity index (χ1v) is 18.9. The van der Waals surface area contributed by atoms with Gasteiger partial charge in [0.2, 0.25) is 15.7 Å². The van der Waals surface area contributed by atoms with E-state index in [-0.39, 0.29) is 23.5 Å². The van der Waals surface area contributed by atoms with E-state index in [1.54, 1.807) is 12.1 Å². The van der Waals surface area contributed by atoms with Gasteiger partial charge in [0.15, 0.2) is 0 Å². The first-order valence-electron chi connectivity index (χ1n) is 16.6. The number of hydrogen-bond acceptors (Lipinski definition) is 9. The highest BCUT2D eigenvalue weighted by molar-refractivity contribution is 7.94. The van der Waals surface area contributed by atoms with E-state index in [1.807, 2.05) is 0 Å². The van der Waals surface area contributed by atoms with E-state index < -0.39 is 10.0 Å². The van der Waals surface area contributed by atoms with Crippen molar-refractivity contribution in [3.8, 4) is 0 Å². The molecule has 0 aromatic heterocycles. The lowest BCUT2D eigenvalue weighted by Crippen LogP contribution is -2.34. The van der Waals surface area contributed by atoms with Crippen LogP contribution in [0.2, 0.25) is 0 Å². The van der Waals surface area contributed by atoms with Gasteiger partial charge in [-0.25, -0.2) is 17.7 Å². The first-order chi connectivity index (χ1) is 22.7. The molecule has 0 bridgehead atoms. The molecule has 10 nitrogen and oxygen atoms in total. The summed E-state index contributed by atoms with van der Waals surface area (Å²) in [6.45, 7) is 17.5. The molecule has 12 heteroatoms. The molecule has 0 radical (unpaired) electrons. The van der Waals surface area contributed by atoms with Gasteiger partial charge in [0.25, 0.3) is 0 Å². The normalized spacial score (nSPS) is 19.5. The Hall–Kier alpha value is -2.71. The summed E-state index contributed by atoms with van der Waals surface area (Å²) in [5, 5.41) is 14.7. The average Bonchev–Trinajstić information content (AvgIpc) is 3.08. The minimum absolute atomic E-state index is 0.0583. The smallest absolute Gasteiger partial charge is 0.240 e. The maximum absolute atomic E-state index is 13.3. The van der Waals surface area contributed by atoms with Crippen molar-refractivity contribution in [2.45, 2.75) is 70.3 Å². The molecule has 2 aliphatic carbocycles. The molecule has 3 atom stereocenters. The highest BCUT2D eigenvalue weighted by atomic mass is 32.2. The van der Waals surface area contributed by atoms with Gasteiger partial charge in [-0.1, -0.05) is 32.4 Å². The van der Waals surface area contributed by atoms with E-state index in [9.17, 15) is 13.7 Å². The molecule has 3 unspecified atom stereocenters. The Morgan fingerprint density at radius 1 is 1.11 bits per heavy atom. The minimum atomic E-state index is -3.85. The van der Waals surface area contributed by atoms with E-state index in [0.717, 1.165) is 66.5 Å². The summed E-state index contributed by atoms with van der Waals surface area (Å²) < 4.78 is 48.7. The molecule has 1 heterocycles. The third kappa shape index (κ3) is 9.05. The van der Waals surface area contributed by atoms with Crippen LogP contribution >= 0.6 is 12.0 Å². The predicted octanol–water partition coefficient (Wildman–Crippen LogP) is 5.16. The van der Waals surface area contributed by atoms with Crippen LogP contribution in [0.3, 0.4) is 0 Å². The number of benzene rings is 1. The minimum Gasteiger partial charge on any atom is -0.691 e. The van der Waals surface area contributed by atoms with Gasteiger partial charge in [0.05, 0.1) is 23.0 Å². The summed E-state index contributed by atoms with van der Waals surface area (Å²) in [5.41, 5.74) is 4.71. The Kier molecular flexibility index (Phi) is 13.9. The maximum Gasteiger partial charge on any atom is 0.240 e. The molecule has 0 fully saturated rings. The third-order valence-electron chi connectivity index (χ3n) is 8.83. The van der Waals surface area contributed by atoms with Gasteiger partial charge >= 0.3 is 0 Å². The van der Waals surface area contributed by atoms with Crippen LogP contribution in [0.15, 0.2) is 81.5 Å². The van der Waals surface area contributed by atoms with Crippen LogP contribution in [-0.4, -0.2) is 75.6 Å². The molecular weight excluding hydrogens is 639 g/mol. The molecule has 0 spiro atoms. The zero-order valence-electron chi connectivity index (χ0n) is 28.4. The van der Waals surface area contributed by atoms with E-state index in [0.29, 0.717) is 42.5 Å². The summed E-state index contributed by atoms with van der Waals surface area (Å²) in [5.74, 6) is 1.03. The second-order valence-electron chi connectivity index (χ2n) is 11.7. The Labute approximate surface area is 284 Å². The van der Waals surface area contributed by atoms with Crippen molar-refractivity contribution in [2.75, 3.05) is 45.9 Å². The molecule has 1 aliphatic heterocycles. The monoisotopic (exact) mass is 687 g/mol. The van der Waals surface area contributed by atoms with Gasteiger partial charge in [0.1, 0.15) is 25.0 Å².